The number of nitrogen functional groups attached to an aromatic ring is 1. The van der Waals surface area contributed by atoms with E-state index in [4.69, 9.17) is 5.73 Å². The van der Waals surface area contributed by atoms with Crippen molar-refractivity contribution in [3.05, 3.63) is 18.1 Å². The van der Waals surface area contributed by atoms with Crippen LogP contribution in [0.3, 0.4) is 0 Å². The summed E-state index contributed by atoms with van der Waals surface area (Å²) in [5, 5.41) is 2.74. The van der Waals surface area contributed by atoms with Crippen LogP contribution in [0.5, 0.6) is 0 Å². The van der Waals surface area contributed by atoms with Crippen LogP contribution in [0.25, 0.3) is 0 Å². The molecule has 3 N–H and O–H groups in total. The zero-order valence-corrected chi connectivity index (χ0v) is 8.32. The Morgan fingerprint density at radius 1 is 1.50 bits per heavy atom. The van der Waals surface area contributed by atoms with E-state index in [2.05, 4.69) is 15.3 Å². The molecule has 0 saturated carbocycles. The quantitative estimate of drug-likeness (QED) is 0.731. The van der Waals surface area contributed by atoms with Crippen molar-refractivity contribution in [1.29, 1.82) is 0 Å². The summed E-state index contributed by atoms with van der Waals surface area (Å²) in [6, 6.07) is 0. The maximum absolute atomic E-state index is 11.4. The van der Waals surface area contributed by atoms with E-state index in [0.717, 1.165) is 0 Å². The molecule has 14 heavy (non-hydrogen) atoms. The van der Waals surface area contributed by atoms with Crippen LogP contribution in [-0.2, 0) is 0 Å². The summed E-state index contributed by atoms with van der Waals surface area (Å²) in [6.45, 7) is 4.68. The highest BCUT2D eigenvalue weighted by atomic mass is 16.1. The Kier molecular flexibility index (Phi) is 3.39. The summed E-state index contributed by atoms with van der Waals surface area (Å²) in [6.07, 6.45) is 2.73. The number of anilines is 1. The number of aromatic nitrogens is 2. The molecule has 1 rings (SSSR count). The first-order valence-corrected chi connectivity index (χ1v) is 4.45. The van der Waals surface area contributed by atoms with Gasteiger partial charge >= 0.3 is 0 Å². The summed E-state index contributed by atoms with van der Waals surface area (Å²) >= 11 is 0. The third-order valence-electron chi connectivity index (χ3n) is 1.58. The molecule has 0 bridgehead atoms. The van der Waals surface area contributed by atoms with Crippen LogP contribution in [0.4, 0.5) is 5.82 Å². The predicted molar refractivity (Wildman–Crippen MR) is 53.6 cm³/mol. The van der Waals surface area contributed by atoms with Gasteiger partial charge in [0.1, 0.15) is 11.5 Å². The lowest BCUT2D eigenvalue weighted by molar-refractivity contribution is 0.0943. The van der Waals surface area contributed by atoms with Gasteiger partial charge in [-0.1, -0.05) is 13.8 Å². The number of carbonyl (C=O) groups excluding carboxylic acids is 1. The lowest BCUT2D eigenvalue weighted by atomic mass is 10.2. The molecule has 0 aromatic carbocycles. The van der Waals surface area contributed by atoms with Crippen molar-refractivity contribution < 1.29 is 4.79 Å². The minimum absolute atomic E-state index is 0.216. The summed E-state index contributed by atoms with van der Waals surface area (Å²) in [5.74, 6) is 0.511. The zero-order valence-electron chi connectivity index (χ0n) is 8.32. The first-order chi connectivity index (χ1) is 6.59. The number of nitrogens with one attached hydrogen (secondary N) is 1. The molecule has 76 valence electrons. The molecule has 0 aliphatic rings. The molecule has 5 heteroatoms. The van der Waals surface area contributed by atoms with E-state index < -0.39 is 0 Å². The van der Waals surface area contributed by atoms with Crippen molar-refractivity contribution in [3.8, 4) is 0 Å². The van der Waals surface area contributed by atoms with Crippen molar-refractivity contribution in [1.82, 2.24) is 15.3 Å². The number of nitrogens with two attached hydrogens (primary N) is 1. The van der Waals surface area contributed by atoms with Gasteiger partial charge in [-0.25, -0.2) is 9.97 Å². The Hall–Kier alpha value is -1.65. The third-order valence-corrected chi connectivity index (χ3v) is 1.58. The first-order valence-electron chi connectivity index (χ1n) is 4.45. The molecule has 1 heterocycles. The average Bonchev–Trinajstić information content (AvgIpc) is 2.15. The lowest BCUT2D eigenvalue weighted by Gasteiger charge is -2.06. The summed E-state index contributed by atoms with van der Waals surface area (Å²) < 4.78 is 0. The molecule has 0 aliphatic heterocycles. The minimum atomic E-state index is -0.216. The fourth-order valence-electron chi connectivity index (χ4n) is 0.843. The minimum Gasteiger partial charge on any atom is -0.382 e. The standard InChI is InChI=1S/C9H14N4O/c1-6(2)3-13-9(14)7-4-12-8(10)5-11-7/h4-6H,3H2,1-2H3,(H2,10,12)(H,13,14). The Labute approximate surface area is 82.7 Å². The van der Waals surface area contributed by atoms with Gasteiger partial charge in [-0.05, 0) is 5.92 Å². The van der Waals surface area contributed by atoms with Crippen molar-refractivity contribution in [2.75, 3.05) is 12.3 Å². The van der Waals surface area contributed by atoms with E-state index in [1.165, 1.54) is 12.4 Å². The molecule has 0 saturated heterocycles. The van der Waals surface area contributed by atoms with Gasteiger partial charge < -0.3 is 11.1 Å². The van der Waals surface area contributed by atoms with E-state index in [-0.39, 0.29) is 5.91 Å². The predicted octanol–water partition coefficient (Wildman–Crippen LogP) is 0.445. The van der Waals surface area contributed by atoms with E-state index in [1.54, 1.807) is 0 Å². The van der Waals surface area contributed by atoms with Crippen LogP contribution < -0.4 is 11.1 Å². The Morgan fingerprint density at radius 2 is 2.21 bits per heavy atom. The summed E-state index contributed by atoms with van der Waals surface area (Å²) in [5.41, 5.74) is 5.64. The van der Waals surface area contributed by atoms with Crippen LogP contribution in [0.15, 0.2) is 12.4 Å². The van der Waals surface area contributed by atoms with Gasteiger partial charge in [0.25, 0.3) is 5.91 Å². The molecule has 0 spiro atoms. The topological polar surface area (TPSA) is 80.9 Å². The van der Waals surface area contributed by atoms with Crippen molar-refractivity contribution in [2.24, 2.45) is 5.92 Å². The number of hydrogen-bond donors (Lipinski definition) is 2. The first kappa shape index (κ1) is 10.4. The molecular weight excluding hydrogens is 180 g/mol. The normalized spacial score (nSPS) is 10.2. The van der Waals surface area contributed by atoms with Gasteiger partial charge in [-0.2, -0.15) is 0 Å². The largest absolute Gasteiger partial charge is 0.382 e. The van der Waals surface area contributed by atoms with Gasteiger partial charge in [-0.3, -0.25) is 4.79 Å². The van der Waals surface area contributed by atoms with Crippen LogP contribution in [-0.4, -0.2) is 22.4 Å². The monoisotopic (exact) mass is 194 g/mol. The molecular formula is C9H14N4O. The molecule has 1 aromatic rings. The Balaban J connectivity index is 2.57. The number of nitrogens with zero attached hydrogens (tertiary/aromatic N) is 2. The highest BCUT2D eigenvalue weighted by Crippen LogP contribution is 1.96. The van der Waals surface area contributed by atoms with Gasteiger partial charge in [0, 0.05) is 6.54 Å². The van der Waals surface area contributed by atoms with Gasteiger partial charge in [-0.15, -0.1) is 0 Å². The van der Waals surface area contributed by atoms with Gasteiger partial charge in [0.05, 0.1) is 12.4 Å². The number of amides is 1. The van der Waals surface area contributed by atoms with Crippen molar-refractivity contribution >= 4 is 11.7 Å². The van der Waals surface area contributed by atoms with Gasteiger partial charge in [0.2, 0.25) is 0 Å². The SMILES string of the molecule is CC(C)CNC(=O)c1cnc(N)cn1. The molecule has 0 unspecified atom stereocenters. The second kappa shape index (κ2) is 4.55. The maximum atomic E-state index is 11.4. The fraction of sp³-hybridized carbons (Fsp3) is 0.444. The number of rotatable bonds is 3. The molecule has 0 radical (unpaired) electrons. The van der Waals surface area contributed by atoms with E-state index >= 15 is 0 Å². The van der Waals surface area contributed by atoms with E-state index in [9.17, 15) is 4.79 Å². The molecule has 0 fully saturated rings. The highest BCUT2D eigenvalue weighted by Gasteiger charge is 2.06. The molecule has 0 atom stereocenters. The Morgan fingerprint density at radius 3 is 2.71 bits per heavy atom. The van der Waals surface area contributed by atoms with Crippen molar-refractivity contribution in [2.45, 2.75) is 13.8 Å². The molecule has 5 nitrogen and oxygen atoms in total. The van der Waals surface area contributed by atoms with Crippen LogP contribution in [0, 0.1) is 5.92 Å². The smallest absolute Gasteiger partial charge is 0.271 e. The number of hydrogen-bond acceptors (Lipinski definition) is 4. The lowest BCUT2D eigenvalue weighted by Crippen LogP contribution is -2.28. The van der Waals surface area contributed by atoms with Crippen LogP contribution >= 0.6 is 0 Å². The molecule has 0 aliphatic carbocycles. The average molecular weight is 194 g/mol. The van der Waals surface area contributed by atoms with Crippen molar-refractivity contribution in [3.63, 3.8) is 0 Å². The maximum Gasteiger partial charge on any atom is 0.271 e. The highest BCUT2D eigenvalue weighted by molar-refractivity contribution is 5.91. The zero-order chi connectivity index (χ0) is 10.6. The molecule has 1 aromatic heterocycles. The van der Waals surface area contributed by atoms with E-state index in [0.29, 0.717) is 24.0 Å². The van der Waals surface area contributed by atoms with E-state index in [1.807, 2.05) is 13.8 Å². The second-order valence-electron chi connectivity index (χ2n) is 3.43. The van der Waals surface area contributed by atoms with Crippen LogP contribution in [0.1, 0.15) is 24.3 Å². The second-order valence-corrected chi connectivity index (χ2v) is 3.43. The third kappa shape index (κ3) is 3.01. The van der Waals surface area contributed by atoms with Gasteiger partial charge in [0.15, 0.2) is 0 Å². The number of carbonyl (C=O) groups is 1. The summed E-state index contributed by atoms with van der Waals surface area (Å²) in [4.78, 5) is 19.0. The molecule has 1 amide bonds. The fourth-order valence-corrected chi connectivity index (χ4v) is 0.843. The summed E-state index contributed by atoms with van der Waals surface area (Å²) in [7, 11) is 0. The van der Waals surface area contributed by atoms with Crippen LogP contribution in [0.2, 0.25) is 0 Å². The Bertz CT molecular complexity index is 307.